The smallest absolute Gasteiger partial charge is 0.223 e. The fourth-order valence-corrected chi connectivity index (χ4v) is 1.91. The third kappa shape index (κ3) is 3.82. The summed E-state index contributed by atoms with van der Waals surface area (Å²) < 4.78 is 0. The van der Waals surface area contributed by atoms with Gasteiger partial charge in [-0.15, -0.1) is 0 Å². The second-order valence-electron chi connectivity index (χ2n) is 5.88. The standard InChI is InChI=1S/C12H24N2O/c1-12(2,3)7-11(15)14(4)10(8-13)9-5-6-9/h9-10H,5-8,13H2,1-4H3. The van der Waals surface area contributed by atoms with E-state index in [1.165, 1.54) is 12.8 Å². The van der Waals surface area contributed by atoms with E-state index in [0.717, 1.165) is 0 Å². The molecule has 1 atom stereocenters. The average molecular weight is 212 g/mol. The second-order valence-corrected chi connectivity index (χ2v) is 5.88. The lowest BCUT2D eigenvalue weighted by atomic mass is 9.91. The highest BCUT2D eigenvalue weighted by Gasteiger charge is 2.35. The molecule has 88 valence electrons. The zero-order chi connectivity index (χ0) is 11.6. The van der Waals surface area contributed by atoms with Crippen LogP contribution in [-0.2, 0) is 4.79 Å². The van der Waals surface area contributed by atoms with Gasteiger partial charge < -0.3 is 10.6 Å². The zero-order valence-corrected chi connectivity index (χ0v) is 10.4. The molecule has 0 heterocycles. The van der Waals surface area contributed by atoms with E-state index < -0.39 is 0 Å². The molecule has 1 aliphatic rings. The molecule has 3 heteroatoms. The number of amides is 1. The van der Waals surface area contributed by atoms with Crippen LogP contribution in [0.1, 0.15) is 40.0 Å². The highest BCUT2D eigenvalue weighted by molar-refractivity contribution is 5.77. The summed E-state index contributed by atoms with van der Waals surface area (Å²) >= 11 is 0. The quantitative estimate of drug-likeness (QED) is 0.769. The predicted octanol–water partition coefficient (Wildman–Crippen LogP) is 1.62. The Morgan fingerprint density at radius 1 is 1.47 bits per heavy atom. The number of carbonyl (C=O) groups is 1. The molecule has 0 aromatic carbocycles. The van der Waals surface area contributed by atoms with Crippen LogP contribution in [0.25, 0.3) is 0 Å². The van der Waals surface area contributed by atoms with Crippen LogP contribution in [-0.4, -0.2) is 30.4 Å². The van der Waals surface area contributed by atoms with E-state index in [2.05, 4.69) is 20.8 Å². The van der Waals surface area contributed by atoms with Crippen LogP contribution in [0.5, 0.6) is 0 Å². The van der Waals surface area contributed by atoms with Crippen molar-refractivity contribution in [3.8, 4) is 0 Å². The largest absolute Gasteiger partial charge is 0.341 e. The molecule has 3 nitrogen and oxygen atoms in total. The maximum atomic E-state index is 12.0. The topological polar surface area (TPSA) is 46.3 Å². The van der Waals surface area contributed by atoms with Crippen LogP contribution >= 0.6 is 0 Å². The molecule has 0 aromatic heterocycles. The van der Waals surface area contributed by atoms with Crippen LogP contribution in [0, 0.1) is 11.3 Å². The Hall–Kier alpha value is -0.570. The van der Waals surface area contributed by atoms with Gasteiger partial charge in [-0.3, -0.25) is 4.79 Å². The first-order chi connectivity index (χ1) is 6.85. The van der Waals surface area contributed by atoms with E-state index in [4.69, 9.17) is 5.73 Å². The lowest BCUT2D eigenvalue weighted by Gasteiger charge is -2.30. The average Bonchev–Trinajstić information content (AvgIpc) is 2.86. The minimum absolute atomic E-state index is 0.0635. The van der Waals surface area contributed by atoms with Gasteiger partial charge in [-0.25, -0.2) is 0 Å². The Bertz CT molecular complexity index is 228. The lowest BCUT2D eigenvalue weighted by Crippen LogP contribution is -2.44. The molecule has 1 unspecified atom stereocenters. The first-order valence-corrected chi connectivity index (χ1v) is 5.81. The van der Waals surface area contributed by atoms with Crippen molar-refractivity contribution in [2.45, 2.75) is 46.1 Å². The number of hydrogen-bond acceptors (Lipinski definition) is 2. The maximum Gasteiger partial charge on any atom is 0.223 e. The molecule has 1 amide bonds. The molecule has 0 bridgehead atoms. The third-order valence-electron chi connectivity index (χ3n) is 2.98. The Morgan fingerprint density at radius 2 is 2.00 bits per heavy atom. The Kier molecular flexibility index (Phi) is 3.77. The van der Waals surface area contributed by atoms with Gasteiger partial charge in [0.05, 0.1) is 0 Å². The van der Waals surface area contributed by atoms with E-state index in [1.807, 2.05) is 11.9 Å². The van der Waals surface area contributed by atoms with Crippen molar-refractivity contribution in [1.82, 2.24) is 4.90 Å². The van der Waals surface area contributed by atoms with Gasteiger partial charge in [-0.2, -0.15) is 0 Å². The maximum absolute atomic E-state index is 12.0. The van der Waals surface area contributed by atoms with Crippen molar-refractivity contribution >= 4 is 5.91 Å². The highest BCUT2D eigenvalue weighted by Crippen LogP contribution is 2.35. The summed E-state index contributed by atoms with van der Waals surface area (Å²) in [6.07, 6.45) is 3.07. The molecule has 1 saturated carbocycles. The number of nitrogens with zero attached hydrogens (tertiary/aromatic N) is 1. The molecular weight excluding hydrogens is 188 g/mol. The van der Waals surface area contributed by atoms with Crippen molar-refractivity contribution in [2.75, 3.05) is 13.6 Å². The lowest BCUT2D eigenvalue weighted by molar-refractivity contribution is -0.134. The van der Waals surface area contributed by atoms with Crippen LogP contribution in [0.2, 0.25) is 0 Å². The fraction of sp³-hybridized carbons (Fsp3) is 0.917. The van der Waals surface area contributed by atoms with Gasteiger partial charge in [-0.1, -0.05) is 20.8 Å². The molecule has 0 radical (unpaired) electrons. The summed E-state index contributed by atoms with van der Waals surface area (Å²) in [7, 11) is 1.89. The van der Waals surface area contributed by atoms with Crippen molar-refractivity contribution in [3.05, 3.63) is 0 Å². The predicted molar refractivity (Wildman–Crippen MR) is 62.4 cm³/mol. The third-order valence-corrected chi connectivity index (χ3v) is 2.98. The van der Waals surface area contributed by atoms with E-state index in [9.17, 15) is 4.79 Å². The summed E-state index contributed by atoms with van der Waals surface area (Å²) in [6.45, 7) is 6.87. The second kappa shape index (κ2) is 4.52. The minimum atomic E-state index is 0.0635. The first kappa shape index (κ1) is 12.5. The number of nitrogens with two attached hydrogens (primary N) is 1. The normalized spacial score (nSPS) is 18.7. The number of likely N-dealkylation sites (N-methyl/N-ethyl adjacent to an activating group) is 1. The molecule has 1 aliphatic carbocycles. The van der Waals surface area contributed by atoms with Crippen molar-refractivity contribution in [1.29, 1.82) is 0 Å². The minimum Gasteiger partial charge on any atom is -0.341 e. The van der Waals surface area contributed by atoms with Crippen LogP contribution in [0.4, 0.5) is 0 Å². The molecule has 0 spiro atoms. The van der Waals surface area contributed by atoms with Crippen molar-refractivity contribution < 1.29 is 4.79 Å². The monoisotopic (exact) mass is 212 g/mol. The fourth-order valence-electron chi connectivity index (χ4n) is 1.91. The summed E-state index contributed by atoms with van der Waals surface area (Å²) in [5.41, 5.74) is 5.79. The summed E-state index contributed by atoms with van der Waals surface area (Å²) in [5.74, 6) is 0.883. The molecular formula is C12H24N2O. The van der Waals surface area contributed by atoms with Gasteiger partial charge in [-0.05, 0) is 24.2 Å². The number of carbonyl (C=O) groups excluding carboxylic acids is 1. The summed E-state index contributed by atoms with van der Waals surface area (Å²) in [4.78, 5) is 13.8. The highest BCUT2D eigenvalue weighted by atomic mass is 16.2. The molecule has 2 N–H and O–H groups in total. The van der Waals surface area contributed by atoms with Gasteiger partial charge in [0.2, 0.25) is 5.91 Å². The van der Waals surface area contributed by atoms with Gasteiger partial charge in [0.15, 0.2) is 0 Å². The first-order valence-electron chi connectivity index (χ1n) is 5.81. The Morgan fingerprint density at radius 3 is 2.33 bits per heavy atom. The van der Waals surface area contributed by atoms with Gasteiger partial charge in [0.1, 0.15) is 0 Å². The van der Waals surface area contributed by atoms with Crippen molar-refractivity contribution in [2.24, 2.45) is 17.1 Å². The van der Waals surface area contributed by atoms with E-state index in [1.54, 1.807) is 0 Å². The Labute approximate surface area is 93.0 Å². The Balaban J connectivity index is 2.50. The molecule has 1 fully saturated rings. The van der Waals surface area contributed by atoms with Gasteiger partial charge >= 0.3 is 0 Å². The van der Waals surface area contributed by atoms with Gasteiger partial charge in [0, 0.05) is 26.1 Å². The van der Waals surface area contributed by atoms with E-state index >= 15 is 0 Å². The van der Waals surface area contributed by atoms with Crippen LogP contribution in [0.15, 0.2) is 0 Å². The van der Waals surface area contributed by atoms with Crippen LogP contribution in [0.3, 0.4) is 0 Å². The SMILES string of the molecule is CN(C(=O)CC(C)(C)C)C(CN)C1CC1. The molecule has 0 aliphatic heterocycles. The van der Waals surface area contributed by atoms with Crippen molar-refractivity contribution in [3.63, 3.8) is 0 Å². The summed E-state index contributed by atoms with van der Waals surface area (Å²) in [5, 5.41) is 0. The molecule has 1 rings (SSSR count). The van der Waals surface area contributed by atoms with Gasteiger partial charge in [0.25, 0.3) is 0 Å². The molecule has 0 saturated heterocycles. The van der Waals surface area contributed by atoms with E-state index in [-0.39, 0.29) is 17.4 Å². The van der Waals surface area contributed by atoms with Crippen LogP contribution < -0.4 is 5.73 Å². The molecule has 15 heavy (non-hydrogen) atoms. The molecule has 0 aromatic rings. The number of hydrogen-bond donors (Lipinski definition) is 1. The van der Waals surface area contributed by atoms with E-state index in [0.29, 0.717) is 18.9 Å². The zero-order valence-electron chi connectivity index (χ0n) is 10.4. The summed E-state index contributed by atoms with van der Waals surface area (Å²) in [6, 6.07) is 0.264. The number of rotatable bonds is 4.